The number of anilines is 1. The first kappa shape index (κ1) is 20.5. The number of aryl methyl sites for hydroxylation is 1. The normalized spacial score (nSPS) is 26.9. The maximum atomic E-state index is 13.2. The Hall–Kier alpha value is -1.80. The molecule has 3 aliphatic rings. The van der Waals surface area contributed by atoms with Gasteiger partial charge in [-0.05, 0) is 43.4 Å². The van der Waals surface area contributed by atoms with Gasteiger partial charge in [0.15, 0.2) is 9.84 Å². The van der Waals surface area contributed by atoms with Crippen LogP contribution in [0.5, 0.6) is 0 Å². The van der Waals surface area contributed by atoms with Gasteiger partial charge >= 0.3 is 6.03 Å². The molecule has 3 aliphatic heterocycles. The standard InChI is InChI=1S/C20H26ClN3O4S/c1-13-5-7-22(8-6-13)19(25)10-23-17-11-29(27,28)12-18(17)24(20(23)26)15-4-3-14(2)16(21)9-15/h3-4,9,13,17-18H,5-8,10-12H2,1-2H3/t17-,18+/m0/s1. The van der Waals surface area contributed by atoms with Crippen LogP contribution < -0.4 is 4.90 Å². The summed E-state index contributed by atoms with van der Waals surface area (Å²) in [6.07, 6.45) is 1.90. The first-order valence-corrected chi connectivity index (χ1v) is 12.2. The number of nitrogens with zero attached hydrogens (tertiary/aromatic N) is 3. The highest BCUT2D eigenvalue weighted by Crippen LogP contribution is 2.36. The quantitative estimate of drug-likeness (QED) is 0.677. The Balaban J connectivity index is 1.60. The molecule has 0 saturated carbocycles. The topological polar surface area (TPSA) is 78.0 Å². The highest BCUT2D eigenvalue weighted by molar-refractivity contribution is 7.91. The number of sulfone groups is 1. The summed E-state index contributed by atoms with van der Waals surface area (Å²) in [6.45, 7) is 5.33. The molecule has 1 aromatic rings. The molecule has 9 heteroatoms. The smallest absolute Gasteiger partial charge is 0.325 e. The summed E-state index contributed by atoms with van der Waals surface area (Å²) < 4.78 is 24.7. The molecule has 0 aromatic heterocycles. The van der Waals surface area contributed by atoms with Crippen molar-refractivity contribution >= 4 is 39.1 Å². The molecule has 0 spiro atoms. The van der Waals surface area contributed by atoms with Gasteiger partial charge in [-0.3, -0.25) is 9.69 Å². The molecule has 0 bridgehead atoms. The number of urea groups is 1. The summed E-state index contributed by atoms with van der Waals surface area (Å²) in [7, 11) is -3.28. The van der Waals surface area contributed by atoms with Gasteiger partial charge in [0, 0.05) is 23.8 Å². The molecule has 1 aromatic carbocycles. The number of rotatable bonds is 3. The first-order chi connectivity index (χ1) is 13.7. The number of fused-ring (bicyclic) bond motifs is 1. The van der Waals surface area contributed by atoms with Gasteiger partial charge in [-0.1, -0.05) is 24.6 Å². The van der Waals surface area contributed by atoms with Crippen molar-refractivity contribution in [2.24, 2.45) is 5.92 Å². The average molecular weight is 440 g/mol. The van der Waals surface area contributed by atoms with Gasteiger partial charge in [0.1, 0.15) is 6.54 Å². The Morgan fingerprint density at radius 3 is 2.48 bits per heavy atom. The summed E-state index contributed by atoms with van der Waals surface area (Å²) in [4.78, 5) is 30.8. The van der Waals surface area contributed by atoms with Crippen molar-refractivity contribution in [3.05, 3.63) is 28.8 Å². The molecular formula is C20H26ClN3O4S. The minimum Gasteiger partial charge on any atom is -0.341 e. The van der Waals surface area contributed by atoms with E-state index in [-0.39, 0.29) is 30.0 Å². The van der Waals surface area contributed by atoms with Gasteiger partial charge in [0.2, 0.25) is 5.91 Å². The molecule has 3 heterocycles. The van der Waals surface area contributed by atoms with Crippen molar-refractivity contribution in [3.8, 4) is 0 Å². The summed E-state index contributed by atoms with van der Waals surface area (Å²) in [5.74, 6) is 0.278. The van der Waals surface area contributed by atoms with Gasteiger partial charge in [0.25, 0.3) is 0 Å². The van der Waals surface area contributed by atoms with Crippen molar-refractivity contribution < 1.29 is 18.0 Å². The van der Waals surface area contributed by atoms with E-state index in [1.165, 1.54) is 9.80 Å². The molecule has 0 radical (unpaired) electrons. The zero-order chi connectivity index (χ0) is 20.9. The van der Waals surface area contributed by atoms with Crippen LogP contribution in [0.4, 0.5) is 10.5 Å². The lowest BCUT2D eigenvalue weighted by atomic mass is 9.99. The van der Waals surface area contributed by atoms with Crippen molar-refractivity contribution in [2.45, 2.75) is 38.8 Å². The third kappa shape index (κ3) is 3.84. The van der Waals surface area contributed by atoms with Crippen molar-refractivity contribution in [2.75, 3.05) is 36.0 Å². The fourth-order valence-electron chi connectivity index (χ4n) is 4.50. The van der Waals surface area contributed by atoms with Gasteiger partial charge in [0.05, 0.1) is 23.6 Å². The number of likely N-dealkylation sites (tertiary alicyclic amines) is 1. The predicted octanol–water partition coefficient (Wildman–Crippen LogP) is 2.31. The van der Waals surface area contributed by atoms with E-state index >= 15 is 0 Å². The fourth-order valence-corrected chi connectivity index (χ4v) is 6.62. The second kappa shape index (κ2) is 7.47. The number of carbonyl (C=O) groups excluding carboxylic acids is 2. The van der Waals surface area contributed by atoms with E-state index in [1.807, 2.05) is 13.0 Å². The van der Waals surface area contributed by atoms with Crippen LogP contribution in [-0.2, 0) is 14.6 Å². The van der Waals surface area contributed by atoms with Crippen LogP contribution in [0, 0.1) is 12.8 Å². The number of piperidine rings is 1. The molecule has 7 nitrogen and oxygen atoms in total. The zero-order valence-corrected chi connectivity index (χ0v) is 18.2. The second-order valence-corrected chi connectivity index (χ2v) is 11.0. The lowest BCUT2D eigenvalue weighted by Gasteiger charge is -2.32. The number of hydrogen-bond donors (Lipinski definition) is 0. The summed E-state index contributed by atoms with van der Waals surface area (Å²) in [5.41, 5.74) is 1.45. The molecule has 0 aliphatic carbocycles. The van der Waals surface area contributed by atoms with E-state index in [2.05, 4.69) is 6.92 Å². The van der Waals surface area contributed by atoms with Gasteiger partial charge in [-0.2, -0.15) is 0 Å². The number of hydrogen-bond acceptors (Lipinski definition) is 4. The molecule has 3 saturated heterocycles. The Morgan fingerprint density at radius 1 is 1.17 bits per heavy atom. The Labute approximate surface area is 176 Å². The zero-order valence-electron chi connectivity index (χ0n) is 16.7. The third-order valence-electron chi connectivity index (χ3n) is 6.35. The lowest BCUT2D eigenvalue weighted by Crippen LogP contribution is -2.47. The maximum Gasteiger partial charge on any atom is 0.325 e. The average Bonchev–Trinajstić information content (AvgIpc) is 3.09. The van der Waals surface area contributed by atoms with Gasteiger partial charge in [-0.15, -0.1) is 0 Å². The highest BCUT2D eigenvalue weighted by atomic mass is 35.5. The minimum atomic E-state index is -3.28. The van der Waals surface area contributed by atoms with E-state index in [9.17, 15) is 18.0 Å². The molecule has 4 rings (SSSR count). The van der Waals surface area contributed by atoms with Crippen molar-refractivity contribution in [3.63, 3.8) is 0 Å². The lowest BCUT2D eigenvalue weighted by molar-refractivity contribution is -0.133. The van der Waals surface area contributed by atoms with Crippen LogP contribution in [0.25, 0.3) is 0 Å². The van der Waals surface area contributed by atoms with Crippen LogP contribution in [0.2, 0.25) is 5.02 Å². The highest BCUT2D eigenvalue weighted by Gasteiger charge is 2.54. The van der Waals surface area contributed by atoms with E-state index in [1.54, 1.807) is 17.0 Å². The molecular weight excluding hydrogens is 414 g/mol. The van der Waals surface area contributed by atoms with Crippen LogP contribution >= 0.6 is 11.6 Å². The van der Waals surface area contributed by atoms with Crippen LogP contribution in [0.15, 0.2) is 18.2 Å². The molecule has 0 N–H and O–H groups in total. The number of amides is 3. The number of benzene rings is 1. The van der Waals surface area contributed by atoms with Crippen molar-refractivity contribution in [1.82, 2.24) is 9.80 Å². The molecule has 3 fully saturated rings. The summed E-state index contributed by atoms with van der Waals surface area (Å²) in [6, 6.07) is 3.94. The third-order valence-corrected chi connectivity index (χ3v) is 8.46. The largest absolute Gasteiger partial charge is 0.341 e. The van der Waals surface area contributed by atoms with Gasteiger partial charge in [-0.25, -0.2) is 13.2 Å². The Bertz CT molecular complexity index is 943. The molecule has 0 unspecified atom stereocenters. The van der Waals surface area contributed by atoms with Gasteiger partial charge < -0.3 is 9.80 Å². The van der Waals surface area contributed by atoms with E-state index in [0.717, 1.165) is 18.4 Å². The first-order valence-electron chi connectivity index (χ1n) is 10.0. The number of carbonyl (C=O) groups is 2. The Kier molecular flexibility index (Phi) is 5.27. The molecule has 3 amide bonds. The van der Waals surface area contributed by atoms with Crippen LogP contribution in [0.1, 0.15) is 25.3 Å². The fraction of sp³-hybridized carbons (Fsp3) is 0.600. The molecule has 29 heavy (non-hydrogen) atoms. The minimum absolute atomic E-state index is 0.0833. The summed E-state index contributed by atoms with van der Waals surface area (Å²) >= 11 is 6.24. The monoisotopic (exact) mass is 439 g/mol. The van der Waals surface area contributed by atoms with Crippen LogP contribution in [0.3, 0.4) is 0 Å². The summed E-state index contributed by atoms with van der Waals surface area (Å²) in [5, 5.41) is 0.518. The van der Waals surface area contributed by atoms with E-state index in [0.29, 0.717) is 29.7 Å². The Morgan fingerprint density at radius 2 is 1.83 bits per heavy atom. The maximum absolute atomic E-state index is 13.2. The van der Waals surface area contributed by atoms with E-state index < -0.39 is 21.9 Å². The van der Waals surface area contributed by atoms with Crippen LogP contribution in [-0.4, -0.2) is 73.4 Å². The second-order valence-electron chi connectivity index (χ2n) is 8.49. The molecule has 158 valence electrons. The predicted molar refractivity (Wildman–Crippen MR) is 112 cm³/mol. The SMILES string of the molecule is Cc1ccc(N2C(=O)N(CC(=O)N3CCC(C)CC3)[C@H]3CS(=O)(=O)C[C@H]32)cc1Cl. The molecule has 2 atom stereocenters. The van der Waals surface area contributed by atoms with E-state index in [4.69, 9.17) is 11.6 Å². The van der Waals surface area contributed by atoms with Crippen molar-refractivity contribution in [1.29, 1.82) is 0 Å². The number of halogens is 1.